The summed E-state index contributed by atoms with van der Waals surface area (Å²) in [5.41, 5.74) is 4.71. The molecule has 0 atom stereocenters. The number of carbonyl (C=O) groups excluding carboxylic acids is 1. The van der Waals surface area contributed by atoms with Gasteiger partial charge in [-0.1, -0.05) is 39.1 Å². The summed E-state index contributed by atoms with van der Waals surface area (Å²) in [5.74, 6) is 0. The van der Waals surface area contributed by atoms with Crippen molar-refractivity contribution in [1.82, 2.24) is 4.57 Å². The Hall–Kier alpha value is -1.29. The van der Waals surface area contributed by atoms with Crippen LogP contribution in [-0.2, 0) is 13.5 Å². The van der Waals surface area contributed by atoms with E-state index in [-0.39, 0.29) is 0 Å². The van der Waals surface area contributed by atoms with Gasteiger partial charge in [0.2, 0.25) is 0 Å². The van der Waals surface area contributed by atoms with Crippen LogP contribution in [0, 0.1) is 6.92 Å². The number of aryl methyl sites for hydroxylation is 1. The lowest BCUT2D eigenvalue weighted by atomic mass is 9.99. The molecule has 0 fully saturated rings. The molecule has 0 bridgehead atoms. The molecular formula is C18H14BrCl2NO. The SMILES string of the molecule is Cc1c(C=O)ccc(Cl)c1Cc1cc2c(Cl)cc(Br)cc2n1C. The van der Waals surface area contributed by atoms with E-state index in [0.29, 0.717) is 22.0 Å². The van der Waals surface area contributed by atoms with Gasteiger partial charge in [0.1, 0.15) is 6.29 Å². The number of benzene rings is 2. The highest BCUT2D eigenvalue weighted by atomic mass is 79.9. The molecule has 23 heavy (non-hydrogen) atoms. The fourth-order valence-corrected chi connectivity index (χ4v) is 3.97. The highest BCUT2D eigenvalue weighted by Crippen LogP contribution is 2.32. The van der Waals surface area contributed by atoms with Gasteiger partial charge in [-0.05, 0) is 48.4 Å². The number of hydrogen-bond acceptors (Lipinski definition) is 1. The largest absolute Gasteiger partial charge is 0.347 e. The first-order chi connectivity index (χ1) is 10.9. The number of carbonyl (C=O) groups is 1. The van der Waals surface area contributed by atoms with E-state index >= 15 is 0 Å². The third-order valence-electron chi connectivity index (χ3n) is 4.24. The molecule has 3 rings (SSSR count). The summed E-state index contributed by atoms with van der Waals surface area (Å²) in [6.45, 7) is 1.93. The molecule has 0 unspecified atom stereocenters. The first-order valence-corrected chi connectivity index (χ1v) is 8.63. The number of nitrogens with zero attached hydrogens (tertiary/aromatic N) is 1. The van der Waals surface area contributed by atoms with Crippen LogP contribution in [0.2, 0.25) is 10.0 Å². The van der Waals surface area contributed by atoms with Crippen LogP contribution in [0.15, 0.2) is 34.8 Å². The van der Waals surface area contributed by atoms with Crippen LogP contribution in [0.5, 0.6) is 0 Å². The number of fused-ring (bicyclic) bond motifs is 1. The van der Waals surface area contributed by atoms with Crippen LogP contribution in [-0.4, -0.2) is 10.9 Å². The van der Waals surface area contributed by atoms with Gasteiger partial charge in [0, 0.05) is 39.6 Å². The minimum atomic E-state index is 0.644. The molecule has 0 radical (unpaired) electrons. The van der Waals surface area contributed by atoms with Crippen molar-refractivity contribution in [3.8, 4) is 0 Å². The molecule has 1 aromatic heterocycles. The average Bonchev–Trinajstić information content (AvgIpc) is 2.81. The zero-order valence-electron chi connectivity index (χ0n) is 12.7. The van der Waals surface area contributed by atoms with E-state index in [0.717, 1.165) is 38.5 Å². The van der Waals surface area contributed by atoms with Crippen molar-refractivity contribution in [1.29, 1.82) is 0 Å². The van der Waals surface area contributed by atoms with Gasteiger partial charge >= 0.3 is 0 Å². The second-order valence-electron chi connectivity index (χ2n) is 5.55. The predicted molar refractivity (Wildman–Crippen MR) is 100 cm³/mol. The average molecular weight is 411 g/mol. The maximum absolute atomic E-state index is 11.2. The summed E-state index contributed by atoms with van der Waals surface area (Å²) in [4.78, 5) is 11.2. The first-order valence-electron chi connectivity index (χ1n) is 7.09. The Labute approximate surface area is 153 Å². The van der Waals surface area contributed by atoms with Crippen molar-refractivity contribution in [2.24, 2.45) is 7.05 Å². The molecule has 0 aliphatic carbocycles. The lowest BCUT2D eigenvalue weighted by molar-refractivity contribution is 0.112. The van der Waals surface area contributed by atoms with Crippen molar-refractivity contribution >= 4 is 56.3 Å². The Bertz CT molecular complexity index is 931. The van der Waals surface area contributed by atoms with Gasteiger partial charge in [-0.15, -0.1) is 0 Å². The summed E-state index contributed by atoms with van der Waals surface area (Å²) in [6, 6.07) is 9.54. The molecule has 0 aliphatic rings. The Morgan fingerprint density at radius 3 is 2.61 bits per heavy atom. The number of halogens is 3. The monoisotopic (exact) mass is 409 g/mol. The second-order valence-corrected chi connectivity index (χ2v) is 7.28. The minimum Gasteiger partial charge on any atom is -0.347 e. The van der Waals surface area contributed by atoms with Crippen LogP contribution in [0.25, 0.3) is 10.9 Å². The summed E-state index contributed by atoms with van der Waals surface area (Å²) in [5, 5.41) is 2.39. The Balaban J connectivity index is 2.15. The summed E-state index contributed by atoms with van der Waals surface area (Å²) >= 11 is 16.2. The van der Waals surface area contributed by atoms with Crippen LogP contribution < -0.4 is 0 Å². The van der Waals surface area contributed by atoms with Crippen molar-refractivity contribution in [3.05, 3.63) is 67.2 Å². The molecule has 2 nitrogen and oxygen atoms in total. The van der Waals surface area contributed by atoms with Crippen molar-refractivity contribution in [3.63, 3.8) is 0 Å². The van der Waals surface area contributed by atoms with Crippen LogP contribution in [0.3, 0.4) is 0 Å². The van der Waals surface area contributed by atoms with Gasteiger partial charge in [0.15, 0.2) is 0 Å². The second kappa shape index (κ2) is 6.31. The lowest BCUT2D eigenvalue weighted by Gasteiger charge is -2.11. The number of hydrogen-bond donors (Lipinski definition) is 0. The zero-order chi connectivity index (χ0) is 16.7. The molecule has 0 amide bonds. The number of rotatable bonds is 3. The van der Waals surface area contributed by atoms with E-state index in [9.17, 15) is 4.79 Å². The Morgan fingerprint density at radius 1 is 1.17 bits per heavy atom. The van der Waals surface area contributed by atoms with E-state index in [1.165, 1.54) is 0 Å². The van der Waals surface area contributed by atoms with E-state index in [1.807, 2.05) is 26.1 Å². The molecule has 0 saturated carbocycles. The quantitative estimate of drug-likeness (QED) is 0.488. The van der Waals surface area contributed by atoms with Crippen LogP contribution in [0.4, 0.5) is 0 Å². The number of aromatic nitrogens is 1. The van der Waals surface area contributed by atoms with Gasteiger partial charge in [-0.3, -0.25) is 4.79 Å². The van der Waals surface area contributed by atoms with Crippen molar-refractivity contribution < 1.29 is 4.79 Å². The van der Waals surface area contributed by atoms with Gasteiger partial charge in [-0.2, -0.15) is 0 Å². The lowest BCUT2D eigenvalue weighted by Crippen LogP contribution is -2.01. The molecule has 0 saturated heterocycles. The molecule has 0 aliphatic heterocycles. The summed E-state index contributed by atoms with van der Waals surface area (Å²) in [7, 11) is 2.01. The maximum atomic E-state index is 11.2. The molecule has 0 spiro atoms. The fourth-order valence-electron chi connectivity index (χ4n) is 2.85. The first kappa shape index (κ1) is 16.6. The van der Waals surface area contributed by atoms with Gasteiger partial charge in [0.25, 0.3) is 0 Å². The minimum absolute atomic E-state index is 0.644. The topological polar surface area (TPSA) is 22.0 Å². The smallest absolute Gasteiger partial charge is 0.150 e. The summed E-state index contributed by atoms with van der Waals surface area (Å²) < 4.78 is 3.05. The Kier molecular flexibility index (Phi) is 4.54. The molecule has 5 heteroatoms. The Morgan fingerprint density at radius 2 is 1.91 bits per heavy atom. The van der Waals surface area contributed by atoms with Gasteiger partial charge in [0.05, 0.1) is 10.5 Å². The van der Waals surface area contributed by atoms with Crippen molar-refractivity contribution in [2.75, 3.05) is 0 Å². The van der Waals surface area contributed by atoms with E-state index in [2.05, 4.69) is 26.6 Å². The van der Waals surface area contributed by atoms with Crippen LogP contribution >= 0.6 is 39.1 Å². The van der Waals surface area contributed by atoms with E-state index in [1.54, 1.807) is 12.1 Å². The standard InChI is InChI=1S/C18H14BrCl2NO/c1-10-11(9-23)3-4-16(20)14(10)7-13-8-15-17(21)5-12(19)6-18(15)22(13)2/h3-6,8-9H,7H2,1-2H3. The highest BCUT2D eigenvalue weighted by molar-refractivity contribution is 9.10. The third kappa shape index (κ3) is 2.93. The summed E-state index contributed by atoms with van der Waals surface area (Å²) in [6.07, 6.45) is 1.51. The molecular weight excluding hydrogens is 397 g/mol. The fraction of sp³-hybridized carbons (Fsp3) is 0.167. The molecule has 118 valence electrons. The van der Waals surface area contributed by atoms with E-state index < -0.39 is 0 Å². The normalized spacial score (nSPS) is 11.2. The molecule has 0 N–H and O–H groups in total. The van der Waals surface area contributed by atoms with E-state index in [4.69, 9.17) is 23.2 Å². The van der Waals surface area contributed by atoms with Crippen molar-refractivity contribution in [2.45, 2.75) is 13.3 Å². The number of aldehydes is 1. The van der Waals surface area contributed by atoms with Crippen LogP contribution in [0.1, 0.15) is 27.2 Å². The molecule has 1 heterocycles. The predicted octanol–water partition coefficient (Wildman–Crippen LogP) is 5.96. The highest BCUT2D eigenvalue weighted by Gasteiger charge is 2.14. The van der Waals surface area contributed by atoms with Gasteiger partial charge in [-0.25, -0.2) is 0 Å². The van der Waals surface area contributed by atoms with Gasteiger partial charge < -0.3 is 4.57 Å². The molecule has 3 aromatic rings. The molecule has 2 aromatic carbocycles. The zero-order valence-corrected chi connectivity index (χ0v) is 15.8. The third-order valence-corrected chi connectivity index (χ3v) is 5.37. The maximum Gasteiger partial charge on any atom is 0.150 e.